The maximum atomic E-state index is 11.7. The molecule has 0 saturated carbocycles. The maximum Gasteiger partial charge on any atom is 0.320 e. The number of carbonyl (C=O) groups is 1. The average molecular weight is 227 g/mol. The van der Waals surface area contributed by atoms with E-state index >= 15 is 0 Å². The van der Waals surface area contributed by atoms with Gasteiger partial charge in [0.25, 0.3) is 0 Å². The van der Waals surface area contributed by atoms with E-state index in [9.17, 15) is 4.79 Å². The monoisotopic (exact) mass is 227 g/mol. The number of rotatable bonds is 2. The summed E-state index contributed by atoms with van der Waals surface area (Å²) in [6, 6.07) is 0. The standard InChI is InChI=1S/C12H21NO3/c1-12(2,3)16-11(14)8-13-6-9-4-5-10(7-13)15-9/h9-10H,4-8H2,1-3H3. The molecule has 92 valence electrons. The molecule has 0 aromatic heterocycles. The zero-order valence-electron chi connectivity index (χ0n) is 10.4. The van der Waals surface area contributed by atoms with Gasteiger partial charge in [0.05, 0.1) is 18.8 Å². The van der Waals surface area contributed by atoms with E-state index in [1.54, 1.807) is 0 Å². The fraction of sp³-hybridized carbons (Fsp3) is 0.917. The Kier molecular flexibility index (Phi) is 3.22. The first-order chi connectivity index (χ1) is 7.42. The lowest BCUT2D eigenvalue weighted by molar-refractivity contribution is -0.158. The van der Waals surface area contributed by atoms with E-state index in [1.807, 2.05) is 20.8 Å². The van der Waals surface area contributed by atoms with Gasteiger partial charge < -0.3 is 9.47 Å². The summed E-state index contributed by atoms with van der Waals surface area (Å²) in [5, 5.41) is 0. The molecule has 0 spiro atoms. The predicted octanol–water partition coefficient (Wildman–Crippen LogP) is 1.19. The summed E-state index contributed by atoms with van der Waals surface area (Å²) >= 11 is 0. The summed E-state index contributed by atoms with van der Waals surface area (Å²) in [4.78, 5) is 13.8. The van der Waals surface area contributed by atoms with E-state index in [1.165, 1.54) is 0 Å². The number of hydrogen-bond acceptors (Lipinski definition) is 4. The summed E-state index contributed by atoms with van der Waals surface area (Å²) in [5.41, 5.74) is -0.387. The molecule has 2 aliphatic rings. The molecular weight excluding hydrogens is 206 g/mol. The number of fused-ring (bicyclic) bond motifs is 2. The van der Waals surface area contributed by atoms with Crippen LogP contribution in [0.5, 0.6) is 0 Å². The van der Waals surface area contributed by atoms with Gasteiger partial charge in [-0.05, 0) is 33.6 Å². The van der Waals surface area contributed by atoms with Crippen LogP contribution in [0.1, 0.15) is 33.6 Å². The Morgan fingerprint density at radius 3 is 2.38 bits per heavy atom. The number of carbonyl (C=O) groups excluding carboxylic acids is 1. The number of nitrogens with zero attached hydrogens (tertiary/aromatic N) is 1. The summed E-state index contributed by atoms with van der Waals surface area (Å²) in [7, 11) is 0. The Morgan fingerprint density at radius 2 is 1.88 bits per heavy atom. The number of hydrogen-bond donors (Lipinski definition) is 0. The highest BCUT2D eigenvalue weighted by Crippen LogP contribution is 2.26. The first kappa shape index (κ1) is 11.9. The van der Waals surface area contributed by atoms with Gasteiger partial charge in [-0.1, -0.05) is 0 Å². The van der Waals surface area contributed by atoms with E-state index < -0.39 is 0 Å². The van der Waals surface area contributed by atoms with Crippen LogP contribution in [0.3, 0.4) is 0 Å². The minimum Gasteiger partial charge on any atom is -0.459 e. The van der Waals surface area contributed by atoms with Gasteiger partial charge >= 0.3 is 5.97 Å². The molecule has 0 amide bonds. The predicted molar refractivity (Wildman–Crippen MR) is 60.2 cm³/mol. The third kappa shape index (κ3) is 3.19. The highest BCUT2D eigenvalue weighted by molar-refractivity contribution is 5.72. The Hall–Kier alpha value is -0.610. The van der Waals surface area contributed by atoms with Crippen molar-refractivity contribution in [3.05, 3.63) is 0 Å². The van der Waals surface area contributed by atoms with E-state index in [4.69, 9.17) is 9.47 Å². The first-order valence-corrected chi connectivity index (χ1v) is 6.02. The van der Waals surface area contributed by atoms with Gasteiger partial charge in [-0.15, -0.1) is 0 Å². The molecule has 16 heavy (non-hydrogen) atoms. The molecule has 2 fully saturated rings. The summed E-state index contributed by atoms with van der Waals surface area (Å²) in [6.07, 6.45) is 2.94. The van der Waals surface area contributed by atoms with Crippen molar-refractivity contribution in [1.82, 2.24) is 4.90 Å². The molecule has 2 saturated heterocycles. The molecule has 2 unspecified atom stereocenters. The van der Waals surface area contributed by atoms with E-state index in [0.717, 1.165) is 25.9 Å². The van der Waals surface area contributed by atoms with Crippen LogP contribution < -0.4 is 0 Å². The Labute approximate surface area is 96.9 Å². The molecule has 2 atom stereocenters. The quantitative estimate of drug-likeness (QED) is 0.664. The van der Waals surface area contributed by atoms with Gasteiger partial charge in [0.2, 0.25) is 0 Å². The summed E-state index contributed by atoms with van der Waals surface area (Å²) in [5.74, 6) is -0.131. The second-order valence-electron chi connectivity index (χ2n) is 5.74. The fourth-order valence-corrected chi connectivity index (χ4v) is 2.38. The Balaban J connectivity index is 1.79. The largest absolute Gasteiger partial charge is 0.459 e. The van der Waals surface area contributed by atoms with Crippen LogP contribution in [-0.4, -0.2) is 48.3 Å². The van der Waals surface area contributed by atoms with Gasteiger partial charge in [0.1, 0.15) is 5.60 Å². The number of ether oxygens (including phenoxy) is 2. The van der Waals surface area contributed by atoms with Crippen molar-refractivity contribution >= 4 is 5.97 Å². The summed E-state index contributed by atoms with van der Waals surface area (Å²) < 4.78 is 11.0. The Bertz CT molecular complexity index is 260. The van der Waals surface area contributed by atoms with Gasteiger partial charge in [-0.25, -0.2) is 0 Å². The molecule has 2 aliphatic heterocycles. The van der Waals surface area contributed by atoms with Gasteiger partial charge in [0.15, 0.2) is 0 Å². The highest BCUT2D eigenvalue weighted by Gasteiger charge is 2.34. The lowest BCUT2D eigenvalue weighted by atomic mass is 10.2. The minimum atomic E-state index is -0.387. The zero-order chi connectivity index (χ0) is 11.8. The summed E-state index contributed by atoms with van der Waals surface area (Å²) in [6.45, 7) is 7.83. The average Bonchev–Trinajstić information content (AvgIpc) is 2.42. The smallest absolute Gasteiger partial charge is 0.320 e. The molecule has 2 rings (SSSR count). The molecule has 4 nitrogen and oxygen atoms in total. The van der Waals surface area contributed by atoms with Crippen LogP contribution in [0, 0.1) is 0 Å². The lowest BCUT2D eigenvalue weighted by Crippen LogP contribution is -2.45. The molecule has 4 heteroatoms. The SMILES string of the molecule is CC(C)(C)OC(=O)CN1CC2CCC(C1)O2. The van der Waals surface area contributed by atoms with Crippen LogP contribution in [0.15, 0.2) is 0 Å². The van der Waals surface area contributed by atoms with Crippen LogP contribution >= 0.6 is 0 Å². The molecule has 0 aliphatic carbocycles. The van der Waals surface area contributed by atoms with E-state index in [0.29, 0.717) is 18.8 Å². The molecule has 0 aromatic carbocycles. The molecular formula is C12H21NO3. The zero-order valence-corrected chi connectivity index (χ0v) is 10.4. The van der Waals surface area contributed by atoms with Crippen molar-refractivity contribution in [3.8, 4) is 0 Å². The van der Waals surface area contributed by atoms with E-state index in [-0.39, 0.29) is 11.6 Å². The van der Waals surface area contributed by atoms with Crippen LogP contribution in [0.25, 0.3) is 0 Å². The normalized spacial score (nSPS) is 30.4. The number of likely N-dealkylation sites (tertiary alicyclic amines) is 1. The van der Waals surface area contributed by atoms with Gasteiger partial charge in [0, 0.05) is 13.1 Å². The van der Waals surface area contributed by atoms with Gasteiger partial charge in [-0.3, -0.25) is 9.69 Å². The molecule has 0 aromatic rings. The van der Waals surface area contributed by atoms with Crippen molar-refractivity contribution in [3.63, 3.8) is 0 Å². The van der Waals surface area contributed by atoms with Crippen LogP contribution in [-0.2, 0) is 14.3 Å². The maximum absolute atomic E-state index is 11.7. The third-order valence-corrected chi connectivity index (χ3v) is 2.89. The van der Waals surface area contributed by atoms with Crippen molar-refractivity contribution < 1.29 is 14.3 Å². The second kappa shape index (κ2) is 4.34. The first-order valence-electron chi connectivity index (χ1n) is 6.02. The van der Waals surface area contributed by atoms with Crippen molar-refractivity contribution in [1.29, 1.82) is 0 Å². The lowest BCUT2D eigenvalue weighted by Gasteiger charge is -2.32. The molecule has 2 heterocycles. The number of morpholine rings is 1. The van der Waals surface area contributed by atoms with Gasteiger partial charge in [-0.2, -0.15) is 0 Å². The highest BCUT2D eigenvalue weighted by atomic mass is 16.6. The topological polar surface area (TPSA) is 38.8 Å². The van der Waals surface area contributed by atoms with Crippen LogP contribution in [0.2, 0.25) is 0 Å². The van der Waals surface area contributed by atoms with Crippen molar-refractivity contribution in [2.45, 2.75) is 51.4 Å². The molecule has 2 bridgehead atoms. The fourth-order valence-electron chi connectivity index (χ4n) is 2.38. The van der Waals surface area contributed by atoms with E-state index in [2.05, 4.69) is 4.90 Å². The second-order valence-corrected chi connectivity index (χ2v) is 5.74. The molecule has 0 N–H and O–H groups in total. The van der Waals surface area contributed by atoms with Crippen molar-refractivity contribution in [2.24, 2.45) is 0 Å². The molecule has 0 radical (unpaired) electrons. The Morgan fingerprint density at radius 1 is 1.31 bits per heavy atom. The number of esters is 1. The third-order valence-electron chi connectivity index (χ3n) is 2.89. The minimum absolute atomic E-state index is 0.131. The van der Waals surface area contributed by atoms with Crippen LogP contribution in [0.4, 0.5) is 0 Å². The van der Waals surface area contributed by atoms with Crippen molar-refractivity contribution in [2.75, 3.05) is 19.6 Å².